The molecule has 21 heavy (non-hydrogen) atoms. The quantitative estimate of drug-likeness (QED) is 0.860. The second kappa shape index (κ2) is 6.58. The average Bonchev–Trinajstić information content (AvgIpc) is 2.51. The predicted octanol–water partition coefficient (Wildman–Crippen LogP) is 3.11. The molecule has 0 unspecified atom stereocenters. The first-order valence-electron chi connectivity index (χ1n) is 7.58. The van der Waals surface area contributed by atoms with Crippen LogP contribution in [0.4, 0.5) is 0 Å². The molecular formula is C16H20ClN3O. The lowest BCUT2D eigenvalue weighted by molar-refractivity contribution is -0.134. The average molecular weight is 306 g/mol. The molecule has 2 heterocycles. The van der Waals surface area contributed by atoms with Crippen molar-refractivity contribution in [2.24, 2.45) is 5.10 Å². The Morgan fingerprint density at radius 3 is 2.48 bits per heavy atom. The molecule has 2 aliphatic rings. The summed E-state index contributed by atoms with van der Waals surface area (Å²) in [6.45, 7) is 2.75. The minimum Gasteiger partial charge on any atom is -0.284 e. The van der Waals surface area contributed by atoms with Gasteiger partial charge in [-0.05, 0) is 43.6 Å². The number of nitrogens with zero attached hydrogens (tertiary/aromatic N) is 3. The van der Waals surface area contributed by atoms with E-state index in [2.05, 4.69) is 10.0 Å². The second-order valence-electron chi connectivity index (χ2n) is 5.67. The maximum Gasteiger partial charge on any atom is 0.244 e. The zero-order valence-electron chi connectivity index (χ0n) is 12.1. The summed E-state index contributed by atoms with van der Waals surface area (Å²) in [5, 5.41) is 6.93. The molecule has 0 atom stereocenters. The Labute approximate surface area is 130 Å². The van der Waals surface area contributed by atoms with Crippen LogP contribution < -0.4 is 0 Å². The van der Waals surface area contributed by atoms with Crippen LogP contribution in [0, 0.1) is 0 Å². The van der Waals surface area contributed by atoms with Crippen LogP contribution in [0.2, 0.25) is 5.02 Å². The number of carbonyl (C=O) groups excluding carboxylic acids is 1. The largest absolute Gasteiger partial charge is 0.284 e. The van der Waals surface area contributed by atoms with Gasteiger partial charge in [0.2, 0.25) is 5.91 Å². The third-order valence-electron chi connectivity index (χ3n) is 4.07. The Hall–Kier alpha value is -1.39. The number of amides is 1. The summed E-state index contributed by atoms with van der Waals surface area (Å²) in [6.07, 6.45) is 4.97. The predicted molar refractivity (Wildman–Crippen MR) is 84.4 cm³/mol. The van der Waals surface area contributed by atoms with Crippen LogP contribution in [0.1, 0.15) is 37.7 Å². The molecule has 0 aliphatic carbocycles. The third kappa shape index (κ3) is 3.63. The van der Waals surface area contributed by atoms with E-state index in [9.17, 15) is 4.79 Å². The van der Waals surface area contributed by atoms with Crippen molar-refractivity contribution in [3.63, 3.8) is 0 Å². The fourth-order valence-corrected chi connectivity index (χ4v) is 2.98. The van der Waals surface area contributed by atoms with Gasteiger partial charge in [0.05, 0.1) is 12.4 Å². The molecule has 1 aromatic rings. The van der Waals surface area contributed by atoms with Crippen molar-refractivity contribution >= 4 is 23.2 Å². The van der Waals surface area contributed by atoms with E-state index in [0.717, 1.165) is 29.4 Å². The Kier molecular flexibility index (Phi) is 4.56. The number of benzene rings is 1. The zero-order valence-corrected chi connectivity index (χ0v) is 12.9. The van der Waals surface area contributed by atoms with Crippen molar-refractivity contribution in [2.45, 2.75) is 32.1 Å². The van der Waals surface area contributed by atoms with Gasteiger partial charge in [0, 0.05) is 17.9 Å². The van der Waals surface area contributed by atoms with Crippen LogP contribution in [0.5, 0.6) is 0 Å². The Bertz CT molecular complexity index is 535. The highest BCUT2D eigenvalue weighted by molar-refractivity contribution is 6.30. The van der Waals surface area contributed by atoms with Gasteiger partial charge in [0.25, 0.3) is 0 Å². The number of rotatable bonds is 3. The Morgan fingerprint density at radius 2 is 1.76 bits per heavy atom. The van der Waals surface area contributed by atoms with Gasteiger partial charge < -0.3 is 0 Å². The summed E-state index contributed by atoms with van der Waals surface area (Å²) in [7, 11) is 0. The van der Waals surface area contributed by atoms with Crippen LogP contribution in [-0.4, -0.2) is 41.3 Å². The molecule has 0 saturated carbocycles. The molecule has 1 fully saturated rings. The van der Waals surface area contributed by atoms with Gasteiger partial charge in [-0.15, -0.1) is 0 Å². The van der Waals surface area contributed by atoms with Crippen molar-refractivity contribution < 1.29 is 4.79 Å². The highest BCUT2D eigenvalue weighted by Gasteiger charge is 2.23. The van der Waals surface area contributed by atoms with Gasteiger partial charge in [-0.2, -0.15) is 5.10 Å². The summed E-state index contributed by atoms with van der Waals surface area (Å²) in [5.74, 6) is 0.123. The minimum atomic E-state index is 0.123. The molecular weight excluding hydrogens is 286 g/mol. The molecule has 5 heteroatoms. The van der Waals surface area contributed by atoms with E-state index < -0.39 is 0 Å². The molecule has 1 amide bonds. The number of likely N-dealkylation sites (tertiary alicyclic amines) is 1. The number of piperidine rings is 1. The van der Waals surface area contributed by atoms with Crippen LogP contribution in [0.15, 0.2) is 29.4 Å². The fourth-order valence-electron chi connectivity index (χ4n) is 2.85. The molecule has 0 N–H and O–H groups in total. The topological polar surface area (TPSA) is 35.9 Å². The van der Waals surface area contributed by atoms with E-state index in [4.69, 9.17) is 11.6 Å². The highest BCUT2D eigenvalue weighted by Crippen LogP contribution is 2.18. The summed E-state index contributed by atoms with van der Waals surface area (Å²) in [4.78, 5) is 14.4. The van der Waals surface area contributed by atoms with E-state index >= 15 is 0 Å². The van der Waals surface area contributed by atoms with E-state index in [1.54, 1.807) is 5.01 Å². The smallest absolute Gasteiger partial charge is 0.244 e. The number of halogens is 1. The molecule has 1 aromatic carbocycles. The molecule has 0 spiro atoms. The van der Waals surface area contributed by atoms with Crippen LogP contribution in [-0.2, 0) is 4.79 Å². The molecule has 112 valence electrons. The first-order chi connectivity index (χ1) is 10.2. The maximum atomic E-state index is 12.1. The molecule has 0 aromatic heterocycles. The summed E-state index contributed by atoms with van der Waals surface area (Å²) >= 11 is 5.92. The van der Waals surface area contributed by atoms with Crippen molar-refractivity contribution in [1.82, 2.24) is 9.91 Å². The van der Waals surface area contributed by atoms with E-state index in [1.807, 2.05) is 24.3 Å². The van der Waals surface area contributed by atoms with Crippen molar-refractivity contribution in [1.29, 1.82) is 0 Å². The van der Waals surface area contributed by atoms with Gasteiger partial charge >= 0.3 is 0 Å². The van der Waals surface area contributed by atoms with Crippen molar-refractivity contribution in [3.05, 3.63) is 34.9 Å². The lowest BCUT2D eigenvalue weighted by Gasteiger charge is -2.32. The molecule has 3 rings (SSSR count). The van der Waals surface area contributed by atoms with Crippen LogP contribution in [0.25, 0.3) is 0 Å². The van der Waals surface area contributed by atoms with Gasteiger partial charge in [0.15, 0.2) is 0 Å². The van der Waals surface area contributed by atoms with Gasteiger partial charge in [0.1, 0.15) is 0 Å². The number of hydrogen-bond acceptors (Lipinski definition) is 3. The molecule has 1 saturated heterocycles. The number of hydrazone groups is 1. The number of carbonyl (C=O) groups is 1. The first-order valence-corrected chi connectivity index (χ1v) is 7.96. The Morgan fingerprint density at radius 1 is 1.05 bits per heavy atom. The van der Waals surface area contributed by atoms with Gasteiger partial charge in [-0.1, -0.05) is 30.2 Å². The van der Waals surface area contributed by atoms with Crippen LogP contribution >= 0.6 is 11.6 Å². The SMILES string of the molecule is O=C1CCC(c2ccc(Cl)cc2)=NN1CN1CCCCC1. The zero-order chi connectivity index (χ0) is 14.7. The molecule has 0 radical (unpaired) electrons. The van der Waals surface area contributed by atoms with Gasteiger partial charge in [-0.3, -0.25) is 9.69 Å². The summed E-state index contributed by atoms with van der Waals surface area (Å²) in [6, 6.07) is 7.67. The van der Waals surface area contributed by atoms with Crippen molar-refractivity contribution in [2.75, 3.05) is 19.8 Å². The normalized spacial score (nSPS) is 20.5. The van der Waals surface area contributed by atoms with E-state index in [-0.39, 0.29) is 5.91 Å². The second-order valence-corrected chi connectivity index (χ2v) is 6.10. The summed E-state index contributed by atoms with van der Waals surface area (Å²) < 4.78 is 0. The molecule has 2 aliphatic heterocycles. The molecule has 0 bridgehead atoms. The van der Waals surface area contributed by atoms with Crippen LogP contribution in [0.3, 0.4) is 0 Å². The fraction of sp³-hybridized carbons (Fsp3) is 0.500. The number of hydrogen-bond donors (Lipinski definition) is 0. The van der Waals surface area contributed by atoms with E-state index in [0.29, 0.717) is 19.5 Å². The first kappa shape index (κ1) is 14.5. The van der Waals surface area contributed by atoms with Gasteiger partial charge in [-0.25, -0.2) is 5.01 Å². The third-order valence-corrected chi connectivity index (χ3v) is 4.32. The summed E-state index contributed by atoms with van der Waals surface area (Å²) in [5.41, 5.74) is 2.03. The maximum absolute atomic E-state index is 12.1. The Balaban J connectivity index is 1.74. The monoisotopic (exact) mass is 305 g/mol. The lowest BCUT2D eigenvalue weighted by atomic mass is 10.0. The minimum absolute atomic E-state index is 0.123. The standard InChI is InChI=1S/C16H20ClN3O/c17-14-6-4-13(5-7-14)15-8-9-16(21)20(18-15)12-19-10-2-1-3-11-19/h4-7H,1-3,8-12H2. The van der Waals surface area contributed by atoms with E-state index in [1.165, 1.54) is 19.3 Å². The molecule has 4 nitrogen and oxygen atoms in total. The van der Waals surface area contributed by atoms with Crippen molar-refractivity contribution in [3.8, 4) is 0 Å². The highest BCUT2D eigenvalue weighted by atomic mass is 35.5. The lowest BCUT2D eigenvalue weighted by Crippen LogP contribution is -2.43.